The van der Waals surface area contributed by atoms with Gasteiger partial charge in [0.2, 0.25) is 5.91 Å². The number of benzene rings is 2. The van der Waals surface area contributed by atoms with Crippen molar-refractivity contribution in [1.82, 2.24) is 5.32 Å². The van der Waals surface area contributed by atoms with Crippen molar-refractivity contribution in [3.05, 3.63) is 70.3 Å². The molecular weight excluding hydrogens is 320 g/mol. The maximum Gasteiger partial charge on any atom is 0.224 e. The second-order valence-corrected chi connectivity index (χ2v) is 7.63. The summed E-state index contributed by atoms with van der Waals surface area (Å²) >= 11 is 0. The van der Waals surface area contributed by atoms with Crippen molar-refractivity contribution < 1.29 is 9.69 Å². The lowest BCUT2D eigenvalue weighted by Gasteiger charge is -2.24. The molecule has 138 valence electrons. The van der Waals surface area contributed by atoms with E-state index in [0.717, 1.165) is 12.1 Å². The molecule has 3 rings (SSSR count). The molecule has 0 atom stereocenters. The number of nitrogens with one attached hydrogen (secondary N) is 2. The van der Waals surface area contributed by atoms with Crippen molar-refractivity contribution in [2.45, 2.75) is 52.6 Å². The van der Waals surface area contributed by atoms with Gasteiger partial charge in [-0.1, -0.05) is 42.5 Å². The van der Waals surface area contributed by atoms with Crippen LogP contribution in [0.4, 0.5) is 0 Å². The third kappa shape index (κ3) is 5.18. The molecule has 0 aliphatic carbocycles. The summed E-state index contributed by atoms with van der Waals surface area (Å²) in [6, 6.07) is 14.8. The highest BCUT2D eigenvalue weighted by Gasteiger charge is 2.15. The predicted octanol–water partition coefficient (Wildman–Crippen LogP) is 2.73. The SMILES string of the molecule is Cc1ccc(CC(=O)NCc2ccccc2C[NH+]2CCCCC2)cc1C. The van der Waals surface area contributed by atoms with Crippen LogP contribution >= 0.6 is 0 Å². The molecule has 2 aromatic carbocycles. The molecule has 0 bridgehead atoms. The van der Waals surface area contributed by atoms with Gasteiger partial charge in [0, 0.05) is 12.1 Å². The average Bonchev–Trinajstić information content (AvgIpc) is 2.65. The molecule has 0 aromatic heterocycles. The second kappa shape index (κ2) is 9.00. The van der Waals surface area contributed by atoms with Gasteiger partial charge in [0.05, 0.1) is 19.5 Å². The minimum atomic E-state index is 0.0911. The van der Waals surface area contributed by atoms with Gasteiger partial charge in [-0.2, -0.15) is 0 Å². The van der Waals surface area contributed by atoms with E-state index in [2.05, 4.69) is 61.6 Å². The van der Waals surface area contributed by atoms with Gasteiger partial charge in [-0.3, -0.25) is 4.79 Å². The van der Waals surface area contributed by atoms with Gasteiger partial charge in [0.25, 0.3) is 0 Å². The molecule has 2 aromatic rings. The second-order valence-electron chi connectivity index (χ2n) is 7.63. The number of aryl methyl sites for hydroxylation is 2. The fourth-order valence-corrected chi connectivity index (χ4v) is 3.76. The summed E-state index contributed by atoms with van der Waals surface area (Å²) in [7, 11) is 0. The summed E-state index contributed by atoms with van der Waals surface area (Å²) < 4.78 is 0. The smallest absolute Gasteiger partial charge is 0.224 e. The standard InChI is InChI=1S/C23H30N2O/c1-18-10-11-20(14-19(18)2)15-23(26)24-16-21-8-4-5-9-22(21)17-25-12-6-3-7-13-25/h4-5,8-11,14H,3,6-7,12-13,15-17H2,1-2H3,(H,24,26)/p+1. The van der Waals surface area contributed by atoms with E-state index >= 15 is 0 Å². The van der Waals surface area contributed by atoms with Crippen LogP contribution in [0, 0.1) is 13.8 Å². The van der Waals surface area contributed by atoms with E-state index in [0.29, 0.717) is 13.0 Å². The van der Waals surface area contributed by atoms with E-state index in [-0.39, 0.29) is 5.91 Å². The molecule has 3 heteroatoms. The first-order valence-electron chi connectivity index (χ1n) is 9.85. The number of likely N-dealkylation sites (tertiary alicyclic amines) is 1. The van der Waals surface area contributed by atoms with Gasteiger partial charge >= 0.3 is 0 Å². The van der Waals surface area contributed by atoms with Crippen LogP contribution in [0.5, 0.6) is 0 Å². The van der Waals surface area contributed by atoms with Crippen LogP contribution in [-0.2, 0) is 24.3 Å². The number of amides is 1. The van der Waals surface area contributed by atoms with E-state index in [1.165, 1.54) is 54.6 Å². The zero-order valence-corrected chi connectivity index (χ0v) is 16.1. The molecule has 2 N–H and O–H groups in total. The Kier molecular flexibility index (Phi) is 6.45. The Labute approximate surface area is 157 Å². The van der Waals surface area contributed by atoms with Crippen LogP contribution in [0.1, 0.15) is 47.1 Å². The van der Waals surface area contributed by atoms with Crippen molar-refractivity contribution in [2.24, 2.45) is 0 Å². The van der Waals surface area contributed by atoms with E-state index in [4.69, 9.17) is 0 Å². The maximum atomic E-state index is 12.4. The van der Waals surface area contributed by atoms with Crippen LogP contribution in [-0.4, -0.2) is 19.0 Å². The van der Waals surface area contributed by atoms with Crippen LogP contribution in [0.3, 0.4) is 0 Å². The van der Waals surface area contributed by atoms with Crippen molar-refractivity contribution in [1.29, 1.82) is 0 Å². The Bertz CT molecular complexity index is 748. The third-order valence-corrected chi connectivity index (χ3v) is 5.53. The molecule has 0 spiro atoms. The highest BCUT2D eigenvalue weighted by Crippen LogP contribution is 2.11. The summed E-state index contributed by atoms with van der Waals surface area (Å²) in [5.41, 5.74) is 6.21. The number of hydrogen-bond acceptors (Lipinski definition) is 1. The number of piperidine rings is 1. The normalized spacial score (nSPS) is 15.0. The Balaban J connectivity index is 1.56. The fourth-order valence-electron chi connectivity index (χ4n) is 3.76. The monoisotopic (exact) mass is 351 g/mol. The van der Waals surface area contributed by atoms with Gasteiger partial charge < -0.3 is 10.2 Å². The van der Waals surface area contributed by atoms with Gasteiger partial charge in [-0.05, 0) is 55.4 Å². The molecule has 1 aliphatic rings. The third-order valence-electron chi connectivity index (χ3n) is 5.53. The lowest BCUT2D eigenvalue weighted by Crippen LogP contribution is -3.11. The molecule has 1 amide bonds. The first-order valence-corrected chi connectivity index (χ1v) is 9.85. The zero-order valence-electron chi connectivity index (χ0n) is 16.1. The van der Waals surface area contributed by atoms with E-state index in [1.807, 2.05) is 0 Å². The quantitative estimate of drug-likeness (QED) is 0.824. The number of hydrogen-bond donors (Lipinski definition) is 2. The van der Waals surface area contributed by atoms with Crippen molar-refractivity contribution in [2.75, 3.05) is 13.1 Å². The van der Waals surface area contributed by atoms with Crippen molar-refractivity contribution >= 4 is 5.91 Å². The number of carbonyl (C=O) groups is 1. The summed E-state index contributed by atoms with van der Waals surface area (Å²) in [5, 5.41) is 3.11. The molecule has 1 fully saturated rings. The molecular formula is C23H31N2O+. The van der Waals surface area contributed by atoms with Crippen LogP contribution < -0.4 is 10.2 Å². The summed E-state index contributed by atoms with van der Waals surface area (Å²) in [4.78, 5) is 14.0. The molecule has 0 unspecified atom stereocenters. The number of quaternary nitrogens is 1. The summed E-state index contributed by atoms with van der Waals surface area (Å²) in [6.45, 7) is 8.42. The van der Waals surface area contributed by atoms with Crippen LogP contribution in [0.15, 0.2) is 42.5 Å². The highest BCUT2D eigenvalue weighted by atomic mass is 16.1. The molecule has 1 aliphatic heterocycles. The molecule has 3 nitrogen and oxygen atoms in total. The average molecular weight is 352 g/mol. The summed E-state index contributed by atoms with van der Waals surface area (Å²) in [5.74, 6) is 0.0911. The maximum absolute atomic E-state index is 12.4. The number of rotatable bonds is 6. The molecule has 0 saturated carbocycles. The fraction of sp³-hybridized carbons (Fsp3) is 0.435. The van der Waals surface area contributed by atoms with E-state index < -0.39 is 0 Å². The predicted molar refractivity (Wildman–Crippen MR) is 106 cm³/mol. The summed E-state index contributed by atoms with van der Waals surface area (Å²) in [6.07, 6.45) is 4.49. The van der Waals surface area contributed by atoms with Gasteiger partial charge in [-0.15, -0.1) is 0 Å². The molecule has 26 heavy (non-hydrogen) atoms. The molecule has 1 heterocycles. The highest BCUT2D eigenvalue weighted by molar-refractivity contribution is 5.78. The first-order chi connectivity index (χ1) is 12.6. The Morgan fingerprint density at radius 3 is 2.42 bits per heavy atom. The Morgan fingerprint density at radius 1 is 0.962 bits per heavy atom. The topological polar surface area (TPSA) is 33.5 Å². The molecule has 0 radical (unpaired) electrons. The van der Waals surface area contributed by atoms with Gasteiger partial charge in [-0.25, -0.2) is 0 Å². The van der Waals surface area contributed by atoms with Crippen molar-refractivity contribution in [3.63, 3.8) is 0 Å². The van der Waals surface area contributed by atoms with Crippen molar-refractivity contribution in [3.8, 4) is 0 Å². The van der Waals surface area contributed by atoms with Gasteiger partial charge in [0.15, 0.2) is 0 Å². The first kappa shape index (κ1) is 18.7. The van der Waals surface area contributed by atoms with Crippen LogP contribution in [0.25, 0.3) is 0 Å². The lowest BCUT2D eigenvalue weighted by molar-refractivity contribution is -0.918. The number of carbonyl (C=O) groups excluding carboxylic acids is 1. The van der Waals surface area contributed by atoms with E-state index in [1.54, 1.807) is 4.90 Å². The van der Waals surface area contributed by atoms with E-state index in [9.17, 15) is 4.79 Å². The van der Waals surface area contributed by atoms with Gasteiger partial charge in [0.1, 0.15) is 6.54 Å². The largest absolute Gasteiger partial charge is 0.352 e. The zero-order chi connectivity index (χ0) is 18.4. The Hall–Kier alpha value is -2.13. The minimum Gasteiger partial charge on any atom is -0.352 e. The Morgan fingerprint density at radius 2 is 1.69 bits per heavy atom. The van der Waals surface area contributed by atoms with Crippen LogP contribution in [0.2, 0.25) is 0 Å². The molecule has 1 saturated heterocycles. The minimum absolute atomic E-state index is 0.0911. The lowest BCUT2D eigenvalue weighted by atomic mass is 10.0.